The van der Waals surface area contributed by atoms with Crippen molar-refractivity contribution in [1.29, 1.82) is 0 Å². The lowest BCUT2D eigenvalue weighted by molar-refractivity contribution is -0.123. The molecule has 3 aliphatic carbocycles. The van der Waals surface area contributed by atoms with E-state index in [9.17, 15) is 13.2 Å². The number of sulfonamides is 1. The molecular weight excluding hydrogens is 550 g/mol. The van der Waals surface area contributed by atoms with Crippen molar-refractivity contribution in [2.45, 2.75) is 57.0 Å². The van der Waals surface area contributed by atoms with Crippen molar-refractivity contribution in [2.24, 2.45) is 22.7 Å². The highest BCUT2D eigenvalue weighted by molar-refractivity contribution is 7.92. The van der Waals surface area contributed by atoms with Crippen LogP contribution in [0.25, 0.3) is 11.3 Å². The maximum atomic E-state index is 13.6. The number of benzene rings is 2. The zero-order valence-electron chi connectivity index (χ0n) is 23.9. The molecule has 42 heavy (non-hydrogen) atoms. The number of aryl methyl sites for hydroxylation is 2. The number of rotatable bonds is 3. The molecule has 8 rings (SSSR count). The van der Waals surface area contributed by atoms with Crippen molar-refractivity contribution in [2.75, 3.05) is 29.7 Å². The van der Waals surface area contributed by atoms with E-state index < -0.39 is 10.0 Å². The van der Waals surface area contributed by atoms with Crippen LogP contribution in [0.15, 0.2) is 53.4 Å². The van der Waals surface area contributed by atoms with Gasteiger partial charge in [-0.1, -0.05) is 24.3 Å². The Labute approximate surface area is 246 Å². The highest BCUT2D eigenvalue weighted by Crippen LogP contribution is 2.92. The zero-order chi connectivity index (χ0) is 28.9. The Morgan fingerprint density at radius 3 is 2.40 bits per heavy atom. The number of hydrogen-bond donors (Lipinski definition) is 2. The van der Waals surface area contributed by atoms with Gasteiger partial charge in [-0.2, -0.15) is 4.98 Å². The summed E-state index contributed by atoms with van der Waals surface area (Å²) in [6.45, 7) is 6.38. The summed E-state index contributed by atoms with van der Waals surface area (Å²) in [5.41, 5.74) is 5.13. The van der Waals surface area contributed by atoms with Gasteiger partial charge in [0.15, 0.2) is 0 Å². The molecule has 1 saturated heterocycles. The van der Waals surface area contributed by atoms with E-state index in [2.05, 4.69) is 24.9 Å². The molecule has 4 fully saturated rings. The minimum Gasteiger partial charge on any atom is -0.473 e. The molecule has 6 bridgehead atoms. The molecule has 2 aromatic carbocycles. The van der Waals surface area contributed by atoms with E-state index in [1.54, 1.807) is 18.2 Å². The van der Waals surface area contributed by atoms with Crippen molar-refractivity contribution in [3.63, 3.8) is 0 Å². The molecular formula is C32H35N5O4S. The molecule has 9 nitrogen and oxygen atoms in total. The van der Waals surface area contributed by atoms with Gasteiger partial charge in [-0.3, -0.25) is 9.69 Å². The van der Waals surface area contributed by atoms with E-state index in [-0.39, 0.29) is 28.8 Å². The minimum absolute atomic E-state index is 0.0160. The number of piperidine rings is 1. The van der Waals surface area contributed by atoms with Crippen molar-refractivity contribution in [1.82, 2.24) is 14.9 Å². The van der Waals surface area contributed by atoms with Crippen LogP contribution in [0.5, 0.6) is 5.88 Å². The summed E-state index contributed by atoms with van der Waals surface area (Å²) in [5.74, 6) is 0.551. The second kappa shape index (κ2) is 9.00. The average molecular weight is 586 g/mol. The predicted octanol–water partition coefficient (Wildman–Crippen LogP) is 4.77. The van der Waals surface area contributed by atoms with Crippen LogP contribution in [-0.2, 0) is 14.8 Å². The molecule has 2 spiro atoms. The molecule has 2 aliphatic heterocycles. The van der Waals surface area contributed by atoms with Gasteiger partial charge in [-0.25, -0.2) is 18.1 Å². The van der Waals surface area contributed by atoms with Gasteiger partial charge in [0.1, 0.15) is 6.10 Å². The molecule has 0 unspecified atom stereocenters. The molecule has 1 aromatic heterocycles. The molecule has 3 aromatic rings. The van der Waals surface area contributed by atoms with Crippen molar-refractivity contribution in [3.05, 3.63) is 59.7 Å². The van der Waals surface area contributed by atoms with E-state index in [1.807, 2.05) is 32.0 Å². The van der Waals surface area contributed by atoms with Crippen LogP contribution < -0.4 is 14.8 Å². The SMILES string of the molecule is Cc1cccc(C)c1-c1cc2nc(n1)NS(=O)(=O)c1cccc(c1)NC(=O)[C@@H]1C[C@@H](CN(CC3C4(CC4)C34CC4)C1)O2. The summed E-state index contributed by atoms with van der Waals surface area (Å²) in [6.07, 6.45) is 5.68. The van der Waals surface area contributed by atoms with Crippen LogP contribution in [0, 0.1) is 36.5 Å². The Bertz CT molecular complexity index is 1690. The van der Waals surface area contributed by atoms with Crippen molar-refractivity contribution < 1.29 is 17.9 Å². The molecule has 5 aliphatic rings. The van der Waals surface area contributed by atoms with Gasteiger partial charge in [0, 0.05) is 37.0 Å². The van der Waals surface area contributed by atoms with Gasteiger partial charge in [-0.05, 0) is 92.0 Å². The van der Waals surface area contributed by atoms with Gasteiger partial charge in [0.05, 0.1) is 16.5 Å². The molecule has 3 saturated carbocycles. The average Bonchev–Trinajstić information content (AvgIpc) is 3.87. The maximum Gasteiger partial charge on any atom is 0.264 e. The largest absolute Gasteiger partial charge is 0.473 e. The summed E-state index contributed by atoms with van der Waals surface area (Å²) in [4.78, 5) is 25.2. The quantitative estimate of drug-likeness (QED) is 0.455. The van der Waals surface area contributed by atoms with E-state index in [1.165, 1.54) is 37.8 Å². The molecule has 3 heterocycles. The fourth-order valence-electron chi connectivity index (χ4n) is 8.19. The predicted molar refractivity (Wildman–Crippen MR) is 159 cm³/mol. The second-order valence-electron chi connectivity index (χ2n) is 13.1. The number of carbonyl (C=O) groups excluding carboxylic acids is 1. The molecule has 2 N–H and O–H groups in total. The fourth-order valence-corrected chi connectivity index (χ4v) is 9.18. The summed E-state index contributed by atoms with van der Waals surface area (Å²) in [5, 5.41) is 2.98. The summed E-state index contributed by atoms with van der Waals surface area (Å²) in [7, 11) is -4.04. The van der Waals surface area contributed by atoms with Crippen LogP contribution in [0.2, 0.25) is 0 Å². The van der Waals surface area contributed by atoms with Crippen LogP contribution >= 0.6 is 0 Å². The summed E-state index contributed by atoms with van der Waals surface area (Å²) >= 11 is 0. The van der Waals surface area contributed by atoms with Gasteiger partial charge in [0.2, 0.25) is 17.7 Å². The number of nitrogens with zero attached hydrogens (tertiary/aromatic N) is 3. The fraction of sp³-hybridized carbons (Fsp3) is 0.469. The Hall–Kier alpha value is -3.50. The van der Waals surface area contributed by atoms with Gasteiger partial charge < -0.3 is 10.1 Å². The van der Waals surface area contributed by atoms with Gasteiger partial charge in [-0.15, -0.1) is 0 Å². The number of fused-ring (bicyclic) bond motifs is 7. The second-order valence-corrected chi connectivity index (χ2v) is 14.7. The Morgan fingerprint density at radius 1 is 0.976 bits per heavy atom. The highest BCUT2D eigenvalue weighted by Gasteiger charge is 2.86. The number of likely N-dealkylation sites (tertiary alicyclic amines) is 1. The van der Waals surface area contributed by atoms with Crippen LogP contribution in [0.3, 0.4) is 0 Å². The van der Waals surface area contributed by atoms with Crippen molar-refractivity contribution >= 4 is 27.6 Å². The van der Waals surface area contributed by atoms with E-state index in [0.717, 1.165) is 29.2 Å². The lowest BCUT2D eigenvalue weighted by atomic mass is 9.94. The Morgan fingerprint density at radius 2 is 1.69 bits per heavy atom. The number of anilines is 2. The van der Waals surface area contributed by atoms with Gasteiger partial charge in [0.25, 0.3) is 10.0 Å². The third-order valence-electron chi connectivity index (χ3n) is 10.5. The highest BCUT2D eigenvalue weighted by atomic mass is 32.2. The summed E-state index contributed by atoms with van der Waals surface area (Å²) < 4.78 is 35.9. The topological polar surface area (TPSA) is 114 Å². The zero-order valence-corrected chi connectivity index (χ0v) is 24.7. The van der Waals surface area contributed by atoms with Crippen molar-refractivity contribution in [3.8, 4) is 17.1 Å². The summed E-state index contributed by atoms with van der Waals surface area (Å²) in [6, 6.07) is 14.1. The smallest absolute Gasteiger partial charge is 0.264 e. The number of aromatic nitrogens is 2. The molecule has 1 amide bonds. The first-order valence-corrected chi connectivity index (χ1v) is 16.4. The molecule has 218 valence electrons. The first kappa shape index (κ1) is 26.2. The number of nitrogens with one attached hydrogen (secondary N) is 2. The van der Waals surface area contributed by atoms with Crippen LogP contribution in [-0.4, -0.2) is 54.9 Å². The van der Waals surface area contributed by atoms with E-state index in [4.69, 9.17) is 4.74 Å². The Balaban J connectivity index is 1.19. The van der Waals surface area contributed by atoms with E-state index >= 15 is 0 Å². The first-order valence-electron chi connectivity index (χ1n) is 14.9. The lowest BCUT2D eigenvalue weighted by Gasteiger charge is -2.37. The van der Waals surface area contributed by atoms with Crippen LogP contribution in [0.4, 0.5) is 11.6 Å². The molecule has 10 heteroatoms. The Kier molecular flexibility index (Phi) is 5.60. The molecule has 0 radical (unpaired) electrons. The standard InChI is InChI=1S/C32H35N5O4S/c1-19-5-3-6-20(2)28(19)25-15-27-35-30(34-25)36-42(39,40)24-8-4-7-22(14-24)33-29(38)21-13-23(41-27)17-37(16-21)18-26-31(9-10-31)32(26)11-12-32/h3-8,14-15,21,23,26H,9-13,16-18H2,1-2H3,(H,33,38)(H,34,35,36)/t21-,23+/m1/s1. The minimum atomic E-state index is -4.04. The third kappa shape index (κ3) is 4.21. The number of amides is 1. The normalized spacial score (nSPS) is 26.5. The maximum absolute atomic E-state index is 13.6. The van der Waals surface area contributed by atoms with Crippen LogP contribution in [0.1, 0.15) is 43.2 Å². The number of ether oxygens (including phenoxy) is 1. The third-order valence-corrected chi connectivity index (χ3v) is 11.8. The van der Waals surface area contributed by atoms with Gasteiger partial charge >= 0.3 is 0 Å². The lowest BCUT2D eigenvalue weighted by Crippen LogP contribution is -2.49. The first-order chi connectivity index (χ1) is 20.2. The van der Waals surface area contributed by atoms with E-state index in [0.29, 0.717) is 47.6 Å². The number of carbonyl (C=O) groups is 1. The molecule has 2 atom stereocenters. The number of hydrogen-bond acceptors (Lipinski definition) is 7. The monoisotopic (exact) mass is 585 g/mol.